The zero-order valence-corrected chi connectivity index (χ0v) is 13.2. The van der Waals surface area contributed by atoms with Gasteiger partial charge in [0.25, 0.3) is 5.91 Å². The van der Waals surface area contributed by atoms with Crippen LogP contribution in [0.15, 0.2) is 30.5 Å². The smallest absolute Gasteiger partial charge is 0.268 e. The van der Waals surface area contributed by atoms with Crippen LogP contribution in [0, 0.1) is 0 Å². The number of carbonyl (C=O) groups excluding carboxylic acids is 1. The van der Waals surface area contributed by atoms with Crippen molar-refractivity contribution in [1.82, 2.24) is 9.88 Å². The summed E-state index contributed by atoms with van der Waals surface area (Å²) < 4.78 is 17.6. The highest BCUT2D eigenvalue weighted by molar-refractivity contribution is 5.92. The third-order valence-electron chi connectivity index (χ3n) is 3.35. The van der Waals surface area contributed by atoms with E-state index in [9.17, 15) is 4.79 Å². The lowest BCUT2D eigenvalue weighted by atomic mass is 10.1. The van der Waals surface area contributed by atoms with Crippen LogP contribution in [0.4, 0.5) is 0 Å². The average Bonchev–Trinajstić information content (AvgIpc) is 2.97. The maximum absolute atomic E-state index is 12.1. The van der Waals surface area contributed by atoms with Crippen LogP contribution >= 0.6 is 0 Å². The van der Waals surface area contributed by atoms with Gasteiger partial charge in [0.15, 0.2) is 11.5 Å². The molecule has 0 atom stereocenters. The molecule has 0 saturated carbocycles. The minimum Gasteiger partial charge on any atom is -0.493 e. The van der Waals surface area contributed by atoms with E-state index in [1.807, 2.05) is 31.4 Å². The molecular formula is C16H20N2O4. The van der Waals surface area contributed by atoms with Gasteiger partial charge in [0.05, 0.1) is 21.3 Å². The summed E-state index contributed by atoms with van der Waals surface area (Å²) in [5, 5.41) is 2.87. The molecule has 118 valence electrons. The molecule has 0 fully saturated rings. The highest BCUT2D eigenvalue weighted by Crippen LogP contribution is 2.38. The summed E-state index contributed by atoms with van der Waals surface area (Å²) in [7, 11) is 6.50. The van der Waals surface area contributed by atoms with E-state index in [1.54, 1.807) is 32.0 Å². The van der Waals surface area contributed by atoms with Crippen molar-refractivity contribution in [1.29, 1.82) is 0 Å². The molecule has 0 spiro atoms. The summed E-state index contributed by atoms with van der Waals surface area (Å²) in [6, 6.07) is 7.22. The summed E-state index contributed by atoms with van der Waals surface area (Å²) in [6.07, 6.45) is 1.83. The first kappa shape index (κ1) is 15.8. The molecule has 1 N–H and O–H groups in total. The zero-order valence-electron chi connectivity index (χ0n) is 13.2. The van der Waals surface area contributed by atoms with Gasteiger partial charge >= 0.3 is 0 Å². The van der Waals surface area contributed by atoms with Gasteiger partial charge in [-0.1, -0.05) is 0 Å². The summed E-state index contributed by atoms with van der Waals surface area (Å²) in [5.41, 5.74) is 1.46. The quantitative estimate of drug-likeness (QED) is 0.886. The van der Waals surface area contributed by atoms with E-state index in [1.165, 1.54) is 0 Å². The lowest BCUT2D eigenvalue weighted by molar-refractivity contribution is 0.0942. The minimum absolute atomic E-state index is 0.138. The van der Waals surface area contributed by atoms with Crippen molar-refractivity contribution in [3.8, 4) is 17.2 Å². The maximum Gasteiger partial charge on any atom is 0.268 e. The fourth-order valence-electron chi connectivity index (χ4n) is 2.21. The molecular weight excluding hydrogens is 284 g/mol. The molecule has 2 rings (SSSR count). The standard InChI is InChI=1S/C16H20N2O4/c1-18-7-5-6-12(18)16(19)17-10-11-8-13(20-2)15(22-4)14(9-11)21-3/h5-9H,10H2,1-4H3,(H,17,19). The van der Waals surface area contributed by atoms with Gasteiger partial charge in [-0.2, -0.15) is 0 Å². The highest BCUT2D eigenvalue weighted by atomic mass is 16.5. The van der Waals surface area contributed by atoms with Gasteiger partial charge in [-0.15, -0.1) is 0 Å². The Morgan fingerprint density at radius 2 is 1.77 bits per heavy atom. The van der Waals surface area contributed by atoms with Gasteiger partial charge in [0.1, 0.15) is 5.69 Å². The molecule has 2 aromatic rings. The molecule has 22 heavy (non-hydrogen) atoms. The molecule has 1 heterocycles. The highest BCUT2D eigenvalue weighted by Gasteiger charge is 2.14. The van der Waals surface area contributed by atoms with E-state index in [0.717, 1.165) is 5.56 Å². The monoisotopic (exact) mass is 304 g/mol. The number of rotatable bonds is 6. The van der Waals surface area contributed by atoms with Crippen molar-refractivity contribution in [3.05, 3.63) is 41.7 Å². The number of methoxy groups -OCH3 is 3. The fourth-order valence-corrected chi connectivity index (χ4v) is 2.21. The minimum atomic E-state index is -0.138. The van der Waals surface area contributed by atoms with E-state index in [4.69, 9.17) is 14.2 Å². The van der Waals surface area contributed by atoms with Crippen molar-refractivity contribution in [2.24, 2.45) is 7.05 Å². The zero-order chi connectivity index (χ0) is 16.1. The number of carbonyl (C=O) groups is 1. The first-order valence-corrected chi connectivity index (χ1v) is 6.79. The molecule has 0 bridgehead atoms. The number of ether oxygens (including phenoxy) is 3. The van der Waals surface area contributed by atoms with E-state index in [-0.39, 0.29) is 5.91 Å². The largest absolute Gasteiger partial charge is 0.493 e. The second-order valence-corrected chi connectivity index (χ2v) is 4.72. The average molecular weight is 304 g/mol. The molecule has 1 aromatic carbocycles. The molecule has 6 heteroatoms. The molecule has 1 aromatic heterocycles. The first-order chi connectivity index (χ1) is 10.6. The summed E-state index contributed by atoms with van der Waals surface area (Å²) in [5.74, 6) is 1.51. The predicted octanol–water partition coefficient (Wildman–Crippen LogP) is 1.98. The van der Waals surface area contributed by atoms with Crippen LogP contribution in [0.2, 0.25) is 0 Å². The molecule has 0 aliphatic heterocycles. The van der Waals surface area contributed by atoms with Crippen molar-refractivity contribution in [2.75, 3.05) is 21.3 Å². The normalized spacial score (nSPS) is 10.2. The summed E-state index contributed by atoms with van der Waals surface area (Å²) in [4.78, 5) is 12.1. The van der Waals surface area contributed by atoms with Crippen molar-refractivity contribution < 1.29 is 19.0 Å². The molecule has 0 unspecified atom stereocenters. The number of hydrogen-bond donors (Lipinski definition) is 1. The Morgan fingerprint density at radius 1 is 1.14 bits per heavy atom. The van der Waals surface area contributed by atoms with Gasteiger partial charge in [-0.05, 0) is 29.8 Å². The predicted molar refractivity (Wildman–Crippen MR) is 82.7 cm³/mol. The molecule has 0 radical (unpaired) electrons. The number of aryl methyl sites for hydroxylation is 1. The summed E-state index contributed by atoms with van der Waals surface area (Å²) >= 11 is 0. The number of amides is 1. The number of hydrogen-bond acceptors (Lipinski definition) is 4. The van der Waals surface area contributed by atoms with Crippen LogP contribution in [0.5, 0.6) is 17.2 Å². The Morgan fingerprint density at radius 3 is 2.23 bits per heavy atom. The second kappa shape index (κ2) is 6.89. The first-order valence-electron chi connectivity index (χ1n) is 6.79. The van der Waals surface area contributed by atoms with Crippen LogP contribution in [0.1, 0.15) is 16.1 Å². The SMILES string of the molecule is COc1cc(CNC(=O)c2cccn2C)cc(OC)c1OC. The number of nitrogens with one attached hydrogen (secondary N) is 1. The van der Waals surface area contributed by atoms with Crippen LogP contribution in [0.3, 0.4) is 0 Å². The molecule has 6 nitrogen and oxygen atoms in total. The third-order valence-corrected chi connectivity index (χ3v) is 3.35. The van der Waals surface area contributed by atoms with Gasteiger partial charge in [-0.25, -0.2) is 0 Å². The van der Waals surface area contributed by atoms with Crippen LogP contribution < -0.4 is 19.5 Å². The van der Waals surface area contributed by atoms with Crippen LogP contribution in [-0.2, 0) is 13.6 Å². The summed E-state index contributed by atoms with van der Waals surface area (Å²) in [6.45, 7) is 0.362. The molecule has 0 saturated heterocycles. The number of aromatic nitrogens is 1. The van der Waals surface area contributed by atoms with Gasteiger partial charge in [0, 0.05) is 19.8 Å². The van der Waals surface area contributed by atoms with E-state index < -0.39 is 0 Å². The lowest BCUT2D eigenvalue weighted by Crippen LogP contribution is -2.24. The van der Waals surface area contributed by atoms with Gasteiger partial charge in [0.2, 0.25) is 5.75 Å². The Hall–Kier alpha value is -2.63. The maximum atomic E-state index is 12.1. The van der Waals surface area contributed by atoms with Crippen LogP contribution in [-0.4, -0.2) is 31.8 Å². The topological polar surface area (TPSA) is 61.7 Å². The van der Waals surface area contributed by atoms with E-state index in [0.29, 0.717) is 29.5 Å². The Bertz CT molecular complexity index is 639. The number of benzene rings is 1. The van der Waals surface area contributed by atoms with Crippen LogP contribution in [0.25, 0.3) is 0 Å². The Labute approximate surface area is 129 Å². The lowest BCUT2D eigenvalue weighted by Gasteiger charge is -2.14. The Kier molecular flexibility index (Phi) is 4.93. The second-order valence-electron chi connectivity index (χ2n) is 4.72. The van der Waals surface area contributed by atoms with E-state index >= 15 is 0 Å². The van der Waals surface area contributed by atoms with Gasteiger partial charge < -0.3 is 24.1 Å². The van der Waals surface area contributed by atoms with Gasteiger partial charge in [-0.3, -0.25) is 4.79 Å². The van der Waals surface area contributed by atoms with Crippen molar-refractivity contribution in [2.45, 2.75) is 6.54 Å². The third kappa shape index (κ3) is 3.16. The molecule has 0 aliphatic rings. The van der Waals surface area contributed by atoms with Crippen molar-refractivity contribution >= 4 is 5.91 Å². The molecule has 1 amide bonds. The van der Waals surface area contributed by atoms with Crippen molar-refractivity contribution in [3.63, 3.8) is 0 Å². The van der Waals surface area contributed by atoms with E-state index in [2.05, 4.69) is 5.32 Å². The fraction of sp³-hybridized carbons (Fsp3) is 0.312. The Balaban J connectivity index is 2.16. The number of nitrogens with zero attached hydrogens (tertiary/aromatic N) is 1. The molecule has 0 aliphatic carbocycles.